The van der Waals surface area contributed by atoms with Gasteiger partial charge < -0.3 is 15.5 Å². The van der Waals surface area contributed by atoms with Crippen molar-refractivity contribution in [2.45, 2.75) is 18.5 Å². The van der Waals surface area contributed by atoms with E-state index in [1.54, 1.807) is 11.3 Å². The Labute approximate surface area is 169 Å². The lowest BCUT2D eigenvalue weighted by molar-refractivity contribution is 0.321. The molecule has 0 bridgehead atoms. The van der Waals surface area contributed by atoms with Gasteiger partial charge in [0.2, 0.25) is 0 Å². The summed E-state index contributed by atoms with van der Waals surface area (Å²) >= 11 is 7.46. The second-order valence-electron chi connectivity index (χ2n) is 6.48. The smallest absolute Gasteiger partial charge is 0.170 e. The van der Waals surface area contributed by atoms with Crippen molar-refractivity contribution < 1.29 is 0 Å². The van der Waals surface area contributed by atoms with Gasteiger partial charge in [-0.2, -0.15) is 0 Å². The number of benzene rings is 1. The largest absolute Gasteiger partial charge is 0.385 e. The Morgan fingerprint density at radius 2 is 1.93 bits per heavy atom. The fourth-order valence-corrected chi connectivity index (χ4v) is 4.66. The summed E-state index contributed by atoms with van der Waals surface area (Å²) in [6.07, 6.45) is 2.85. The number of nitrogens with zero attached hydrogens (tertiary/aromatic N) is 2. The number of rotatable bonds is 7. The highest BCUT2D eigenvalue weighted by atomic mass is 32.1. The Morgan fingerprint density at radius 1 is 1.07 bits per heavy atom. The second-order valence-corrected chi connectivity index (χ2v) is 7.85. The van der Waals surface area contributed by atoms with E-state index in [0.29, 0.717) is 0 Å². The summed E-state index contributed by atoms with van der Waals surface area (Å²) in [6.45, 7) is 1.81. The van der Waals surface area contributed by atoms with Gasteiger partial charge >= 0.3 is 0 Å². The van der Waals surface area contributed by atoms with Gasteiger partial charge in [0.15, 0.2) is 5.11 Å². The van der Waals surface area contributed by atoms with E-state index in [-0.39, 0.29) is 12.1 Å². The van der Waals surface area contributed by atoms with Crippen molar-refractivity contribution in [3.05, 3.63) is 82.8 Å². The molecule has 3 aromatic rings. The van der Waals surface area contributed by atoms with E-state index >= 15 is 0 Å². The van der Waals surface area contributed by atoms with Gasteiger partial charge in [0, 0.05) is 29.9 Å². The van der Waals surface area contributed by atoms with E-state index in [2.05, 4.69) is 56.2 Å². The lowest BCUT2D eigenvalue weighted by Gasteiger charge is -2.27. The van der Waals surface area contributed by atoms with E-state index in [0.717, 1.165) is 36.0 Å². The average molecular weight is 395 g/mol. The zero-order valence-corrected chi connectivity index (χ0v) is 16.5. The molecule has 0 radical (unpaired) electrons. The number of pyridine rings is 1. The van der Waals surface area contributed by atoms with Crippen LogP contribution in [-0.4, -0.2) is 28.1 Å². The minimum Gasteiger partial charge on any atom is -0.385 e. The molecule has 2 aromatic heterocycles. The summed E-state index contributed by atoms with van der Waals surface area (Å²) in [4.78, 5) is 8.20. The van der Waals surface area contributed by atoms with Crippen LogP contribution < -0.4 is 10.6 Å². The predicted molar refractivity (Wildman–Crippen MR) is 116 cm³/mol. The lowest BCUT2D eigenvalue weighted by atomic mass is 10.0. The predicted octanol–water partition coefficient (Wildman–Crippen LogP) is 4.62. The van der Waals surface area contributed by atoms with Crippen LogP contribution >= 0.6 is 23.6 Å². The van der Waals surface area contributed by atoms with Crippen molar-refractivity contribution in [1.29, 1.82) is 0 Å². The first kappa shape index (κ1) is 17.9. The molecule has 1 fully saturated rings. The molecule has 0 aliphatic carbocycles. The first-order chi connectivity index (χ1) is 13.3. The second kappa shape index (κ2) is 8.50. The van der Waals surface area contributed by atoms with Crippen molar-refractivity contribution >= 4 is 34.4 Å². The van der Waals surface area contributed by atoms with Gasteiger partial charge in [0.25, 0.3) is 0 Å². The number of thiophene rings is 1. The van der Waals surface area contributed by atoms with Gasteiger partial charge in [-0.1, -0.05) is 30.3 Å². The summed E-state index contributed by atoms with van der Waals surface area (Å²) in [5.41, 5.74) is 2.18. The van der Waals surface area contributed by atoms with Gasteiger partial charge in [-0.15, -0.1) is 11.3 Å². The Morgan fingerprint density at radius 3 is 2.67 bits per heavy atom. The Balaban J connectivity index is 1.46. The molecule has 2 atom stereocenters. The van der Waals surface area contributed by atoms with Crippen LogP contribution in [0.3, 0.4) is 0 Å². The van der Waals surface area contributed by atoms with Gasteiger partial charge in [-0.25, -0.2) is 0 Å². The first-order valence-electron chi connectivity index (χ1n) is 9.13. The molecule has 4 rings (SSSR count). The van der Waals surface area contributed by atoms with Crippen molar-refractivity contribution in [3.63, 3.8) is 0 Å². The van der Waals surface area contributed by atoms with E-state index in [1.807, 2.05) is 36.5 Å². The Hall–Kier alpha value is -2.44. The van der Waals surface area contributed by atoms with Crippen LogP contribution in [0.4, 0.5) is 5.69 Å². The maximum Gasteiger partial charge on any atom is 0.170 e. The number of para-hydroxylation sites is 1. The maximum atomic E-state index is 5.68. The van der Waals surface area contributed by atoms with Gasteiger partial charge in [-0.3, -0.25) is 4.98 Å². The van der Waals surface area contributed by atoms with Gasteiger partial charge in [-0.05, 0) is 54.4 Å². The third kappa shape index (κ3) is 4.12. The summed E-state index contributed by atoms with van der Waals surface area (Å²) in [5, 5.41) is 9.91. The monoisotopic (exact) mass is 394 g/mol. The molecule has 4 nitrogen and oxygen atoms in total. The minimum absolute atomic E-state index is 0.0828. The summed E-state index contributed by atoms with van der Waals surface area (Å²) < 4.78 is 0. The molecular weight excluding hydrogens is 372 g/mol. The normalized spacial score (nSPS) is 19.1. The minimum atomic E-state index is 0.0828. The SMILES string of the molecule is S=C1N[C@@H](c2ccccn2)[C@H](c2cccs2)N1CCCNc1ccccc1. The van der Waals surface area contributed by atoms with E-state index in [4.69, 9.17) is 12.2 Å². The summed E-state index contributed by atoms with van der Waals surface area (Å²) in [6, 6.07) is 20.9. The number of aromatic nitrogens is 1. The first-order valence-corrected chi connectivity index (χ1v) is 10.4. The van der Waals surface area contributed by atoms with Crippen LogP contribution in [0.15, 0.2) is 72.2 Å². The number of nitrogens with one attached hydrogen (secondary N) is 2. The fraction of sp³-hybridized carbons (Fsp3) is 0.238. The molecular formula is C21H22N4S2. The van der Waals surface area contributed by atoms with Crippen LogP contribution in [0, 0.1) is 0 Å². The number of anilines is 1. The Kier molecular flexibility index (Phi) is 5.65. The number of thiocarbonyl (C=S) groups is 1. The standard InChI is InChI=1S/C21H22N4S2/c26-21-24-19(17-10-4-5-12-23-17)20(18-11-6-15-27-18)25(21)14-7-13-22-16-8-2-1-3-9-16/h1-6,8-12,15,19-20,22H,7,13-14H2,(H,24,26)/t19-,20-/m0/s1. The van der Waals surface area contributed by atoms with Crippen molar-refractivity contribution in [2.75, 3.05) is 18.4 Å². The van der Waals surface area contributed by atoms with Crippen LogP contribution in [-0.2, 0) is 0 Å². The van der Waals surface area contributed by atoms with Crippen LogP contribution in [0.5, 0.6) is 0 Å². The van der Waals surface area contributed by atoms with Crippen molar-refractivity contribution in [3.8, 4) is 0 Å². The highest BCUT2D eigenvalue weighted by Crippen LogP contribution is 2.40. The molecule has 1 aliphatic heterocycles. The van der Waals surface area contributed by atoms with Crippen LogP contribution in [0.2, 0.25) is 0 Å². The summed E-state index contributed by atoms with van der Waals surface area (Å²) in [7, 11) is 0. The fourth-order valence-electron chi connectivity index (χ4n) is 3.45. The third-order valence-corrected chi connectivity index (χ3v) is 6.01. The van der Waals surface area contributed by atoms with Crippen LogP contribution in [0.25, 0.3) is 0 Å². The molecule has 2 N–H and O–H groups in total. The average Bonchev–Trinajstić information content (AvgIpc) is 3.35. The topological polar surface area (TPSA) is 40.2 Å². The Bertz CT molecular complexity index is 852. The molecule has 0 unspecified atom stereocenters. The molecule has 0 spiro atoms. The van der Waals surface area contributed by atoms with Crippen molar-refractivity contribution in [1.82, 2.24) is 15.2 Å². The molecule has 27 heavy (non-hydrogen) atoms. The van der Waals surface area contributed by atoms with Gasteiger partial charge in [0.05, 0.1) is 17.8 Å². The van der Waals surface area contributed by atoms with E-state index < -0.39 is 0 Å². The zero-order chi connectivity index (χ0) is 18.5. The molecule has 138 valence electrons. The number of hydrogen-bond acceptors (Lipinski definition) is 4. The maximum absolute atomic E-state index is 5.68. The molecule has 1 aromatic carbocycles. The van der Waals surface area contributed by atoms with Gasteiger partial charge in [0.1, 0.15) is 0 Å². The van der Waals surface area contributed by atoms with E-state index in [9.17, 15) is 0 Å². The molecule has 1 saturated heterocycles. The zero-order valence-electron chi connectivity index (χ0n) is 14.9. The molecule has 6 heteroatoms. The summed E-state index contributed by atoms with van der Waals surface area (Å²) in [5.74, 6) is 0. The molecule has 1 aliphatic rings. The van der Waals surface area contributed by atoms with Crippen molar-refractivity contribution in [2.24, 2.45) is 0 Å². The quantitative estimate of drug-likeness (QED) is 0.452. The lowest BCUT2D eigenvalue weighted by Crippen LogP contribution is -2.31. The van der Waals surface area contributed by atoms with Crippen LogP contribution in [0.1, 0.15) is 29.1 Å². The molecule has 3 heterocycles. The highest BCUT2D eigenvalue weighted by Gasteiger charge is 2.39. The highest BCUT2D eigenvalue weighted by molar-refractivity contribution is 7.80. The number of hydrogen-bond donors (Lipinski definition) is 2. The molecule has 0 amide bonds. The van der Waals surface area contributed by atoms with E-state index in [1.165, 1.54) is 4.88 Å². The third-order valence-electron chi connectivity index (χ3n) is 4.71. The molecule has 0 saturated carbocycles.